The number of pyridine rings is 1. The molecule has 0 atom stereocenters. The van der Waals surface area contributed by atoms with Gasteiger partial charge in [0.05, 0.1) is 7.11 Å². The molecule has 1 N–H and O–H groups in total. The largest absolute Gasteiger partial charge is 0.507 e. The van der Waals surface area contributed by atoms with Gasteiger partial charge in [0, 0.05) is 11.8 Å². The van der Waals surface area contributed by atoms with E-state index in [4.69, 9.17) is 4.74 Å². The molecule has 0 radical (unpaired) electrons. The molecule has 2 rings (SSSR count). The predicted molar refractivity (Wildman–Crippen MR) is 72.0 cm³/mol. The number of rotatable bonds is 3. The summed E-state index contributed by atoms with van der Waals surface area (Å²) in [7, 11) is 1.60. The summed E-state index contributed by atoms with van der Waals surface area (Å²) in [5.41, 5.74) is 2.45. The maximum absolute atomic E-state index is 10.1. The monoisotopic (exact) mass is 243 g/mol. The van der Waals surface area contributed by atoms with Crippen molar-refractivity contribution < 1.29 is 9.84 Å². The number of aromatic hydroxyl groups is 1. The van der Waals surface area contributed by atoms with Crippen molar-refractivity contribution in [1.29, 1.82) is 0 Å². The Morgan fingerprint density at radius 2 is 2.00 bits per heavy atom. The van der Waals surface area contributed by atoms with Crippen molar-refractivity contribution in [2.75, 3.05) is 7.11 Å². The van der Waals surface area contributed by atoms with Gasteiger partial charge in [-0.2, -0.15) is 0 Å². The second-order valence-electron chi connectivity index (χ2n) is 4.49. The van der Waals surface area contributed by atoms with Crippen LogP contribution >= 0.6 is 0 Å². The first-order valence-electron chi connectivity index (χ1n) is 5.95. The fourth-order valence-corrected chi connectivity index (χ4v) is 1.87. The van der Waals surface area contributed by atoms with Gasteiger partial charge in [0.2, 0.25) is 0 Å². The molecule has 3 nitrogen and oxygen atoms in total. The van der Waals surface area contributed by atoms with Gasteiger partial charge < -0.3 is 9.84 Å². The van der Waals surface area contributed by atoms with Gasteiger partial charge >= 0.3 is 0 Å². The minimum atomic E-state index is 0.234. The lowest BCUT2D eigenvalue weighted by atomic mass is 9.99. The molecule has 1 aromatic carbocycles. The van der Waals surface area contributed by atoms with E-state index in [1.165, 1.54) is 0 Å². The van der Waals surface area contributed by atoms with Crippen molar-refractivity contribution in [3.8, 4) is 22.8 Å². The average Bonchev–Trinajstić information content (AvgIpc) is 2.38. The van der Waals surface area contributed by atoms with Crippen LogP contribution in [0.4, 0.5) is 0 Å². The second kappa shape index (κ2) is 5.08. The van der Waals surface area contributed by atoms with Crippen LogP contribution in [-0.4, -0.2) is 17.2 Å². The van der Waals surface area contributed by atoms with E-state index < -0.39 is 0 Å². The molecule has 0 unspecified atom stereocenters. The lowest BCUT2D eigenvalue weighted by Gasteiger charge is -2.11. The highest BCUT2D eigenvalue weighted by Gasteiger charge is 2.12. The molecule has 0 aliphatic heterocycles. The number of phenolic OH excluding ortho intramolecular Hbond substituents is 1. The Bertz CT molecular complexity index is 550. The number of benzene rings is 1. The van der Waals surface area contributed by atoms with Crippen LogP contribution < -0.4 is 4.74 Å². The summed E-state index contributed by atoms with van der Waals surface area (Å²) in [6, 6.07) is 9.32. The van der Waals surface area contributed by atoms with Gasteiger partial charge in [-0.3, -0.25) is 4.98 Å². The minimum Gasteiger partial charge on any atom is -0.507 e. The SMILES string of the molecule is COc1cccnc1-c1ccc(C(C)C)cc1O. The molecule has 0 saturated heterocycles. The number of hydrogen-bond donors (Lipinski definition) is 1. The van der Waals surface area contributed by atoms with Crippen molar-refractivity contribution in [1.82, 2.24) is 4.98 Å². The third kappa shape index (κ3) is 2.30. The Balaban J connectivity index is 2.51. The van der Waals surface area contributed by atoms with Crippen LogP contribution in [0.15, 0.2) is 36.5 Å². The summed E-state index contributed by atoms with van der Waals surface area (Å²) in [6.07, 6.45) is 1.69. The average molecular weight is 243 g/mol. The van der Waals surface area contributed by atoms with E-state index in [1.807, 2.05) is 24.3 Å². The highest BCUT2D eigenvalue weighted by Crippen LogP contribution is 2.35. The summed E-state index contributed by atoms with van der Waals surface area (Å²) in [5.74, 6) is 1.28. The summed E-state index contributed by atoms with van der Waals surface area (Å²) < 4.78 is 5.26. The van der Waals surface area contributed by atoms with Crippen LogP contribution in [0.5, 0.6) is 11.5 Å². The Morgan fingerprint density at radius 1 is 1.22 bits per heavy atom. The van der Waals surface area contributed by atoms with Gasteiger partial charge in [0.15, 0.2) is 0 Å². The van der Waals surface area contributed by atoms with Gasteiger partial charge in [-0.15, -0.1) is 0 Å². The summed E-state index contributed by atoms with van der Waals surface area (Å²) in [4.78, 5) is 4.27. The Kier molecular flexibility index (Phi) is 3.51. The standard InChI is InChI=1S/C15H17NO2/c1-10(2)11-6-7-12(13(17)9-11)15-14(18-3)5-4-8-16-15/h4-10,17H,1-3H3. The van der Waals surface area contributed by atoms with Crippen molar-refractivity contribution in [2.24, 2.45) is 0 Å². The summed E-state index contributed by atoms with van der Waals surface area (Å²) >= 11 is 0. The summed E-state index contributed by atoms with van der Waals surface area (Å²) in [5, 5.41) is 10.1. The van der Waals surface area contributed by atoms with Crippen LogP contribution in [0, 0.1) is 0 Å². The van der Waals surface area contributed by atoms with Gasteiger partial charge in [-0.1, -0.05) is 19.9 Å². The number of methoxy groups -OCH3 is 1. The van der Waals surface area contributed by atoms with Crippen molar-refractivity contribution in [2.45, 2.75) is 19.8 Å². The molecule has 0 saturated carbocycles. The number of aromatic nitrogens is 1. The van der Waals surface area contributed by atoms with E-state index in [-0.39, 0.29) is 5.75 Å². The molecule has 0 bridgehead atoms. The number of hydrogen-bond acceptors (Lipinski definition) is 3. The number of phenols is 1. The second-order valence-corrected chi connectivity index (χ2v) is 4.49. The molecule has 18 heavy (non-hydrogen) atoms. The molecular weight excluding hydrogens is 226 g/mol. The van der Waals surface area contributed by atoms with Crippen LogP contribution in [0.2, 0.25) is 0 Å². The highest BCUT2D eigenvalue weighted by molar-refractivity contribution is 5.72. The first-order chi connectivity index (χ1) is 8.63. The lowest BCUT2D eigenvalue weighted by Crippen LogP contribution is -1.92. The van der Waals surface area contributed by atoms with Crippen molar-refractivity contribution in [3.63, 3.8) is 0 Å². The first-order valence-corrected chi connectivity index (χ1v) is 5.95. The molecular formula is C15H17NO2. The molecule has 0 amide bonds. The van der Waals surface area contributed by atoms with Crippen molar-refractivity contribution in [3.05, 3.63) is 42.1 Å². The van der Waals surface area contributed by atoms with Crippen molar-refractivity contribution >= 4 is 0 Å². The first kappa shape index (κ1) is 12.4. The molecule has 94 valence electrons. The highest BCUT2D eigenvalue weighted by atomic mass is 16.5. The molecule has 0 aliphatic rings. The van der Waals surface area contributed by atoms with Gasteiger partial charge in [0.25, 0.3) is 0 Å². The Morgan fingerprint density at radius 3 is 2.61 bits per heavy atom. The molecule has 0 fully saturated rings. The Hall–Kier alpha value is -2.03. The lowest BCUT2D eigenvalue weighted by molar-refractivity contribution is 0.414. The molecule has 3 heteroatoms. The molecule has 0 spiro atoms. The molecule has 1 heterocycles. The smallest absolute Gasteiger partial charge is 0.145 e. The van der Waals surface area contributed by atoms with E-state index in [0.29, 0.717) is 22.9 Å². The van der Waals surface area contributed by atoms with E-state index in [2.05, 4.69) is 18.8 Å². The van der Waals surface area contributed by atoms with Crippen LogP contribution in [-0.2, 0) is 0 Å². The maximum Gasteiger partial charge on any atom is 0.145 e. The van der Waals surface area contributed by atoms with E-state index in [0.717, 1.165) is 5.56 Å². The topological polar surface area (TPSA) is 42.4 Å². The fraction of sp³-hybridized carbons (Fsp3) is 0.267. The maximum atomic E-state index is 10.1. The van der Waals surface area contributed by atoms with Crippen LogP contribution in [0.25, 0.3) is 11.3 Å². The minimum absolute atomic E-state index is 0.234. The zero-order chi connectivity index (χ0) is 13.1. The van der Waals surface area contributed by atoms with Gasteiger partial charge in [0.1, 0.15) is 17.2 Å². The van der Waals surface area contributed by atoms with Gasteiger partial charge in [-0.25, -0.2) is 0 Å². The van der Waals surface area contributed by atoms with Gasteiger partial charge in [-0.05, 0) is 35.7 Å². The summed E-state index contributed by atoms with van der Waals surface area (Å²) in [6.45, 7) is 4.19. The fourth-order valence-electron chi connectivity index (χ4n) is 1.87. The molecule has 1 aromatic heterocycles. The number of ether oxygens (including phenoxy) is 1. The van der Waals surface area contributed by atoms with Crippen LogP contribution in [0.3, 0.4) is 0 Å². The van der Waals surface area contributed by atoms with E-state index in [9.17, 15) is 5.11 Å². The quantitative estimate of drug-likeness (QED) is 0.895. The molecule has 2 aromatic rings. The predicted octanol–water partition coefficient (Wildman–Crippen LogP) is 3.59. The molecule has 0 aliphatic carbocycles. The normalized spacial score (nSPS) is 10.7. The third-order valence-electron chi connectivity index (χ3n) is 2.93. The Labute approximate surface area is 107 Å². The number of nitrogens with zero attached hydrogens (tertiary/aromatic N) is 1. The van der Waals surface area contributed by atoms with Crippen LogP contribution in [0.1, 0.15) is 25.3 Å². The third-order valence-corrected chi connectivity index (χ3v) is 2.93. The van der Waals surface area contributed by atoms with E-state index in [1.54, 1.807) is 19.4 Å². The van der Waals surface area contributed by atoms with E-state index >= 15 is 0 Å². The zero-order valence-electron chi connectivity index (χ0n) is 10.8. The zero-order valence-corrected chi connectivity index (χ0v) is 10.8.